The molecule has 1 aromatic heterocycles. The van der Waals surface area contributed by atoms with Gasteiger partial charge in [0.05, 0.1) is 21.4 Å². The first-order valence-corrected chi connectivity index (χ1v) is 5.90. The van der Waals surface area contributed by atoms with Crippen LogP contribution in [-0.4, -0.2) is 4.98 Å². The highest BCUT2D eigenvalue weighted by molar-refractivity contribution is 6.39. The minimum absolute atomic E-state index is 0.0713. The Morgan fingerprint density at radius 3 is 2.50 bits per heavy atom. The average Bonchev–Trinajstić information content (AvgIpc) is 2.26. The lowest BCUT2D eigenvalue weighted by Gasteiger charge is -2.06. The van der Waals surface area contributed by atoms with Crippen molar-refractivity contribution in [3.8, 4) is 0 Å². The number of aromatic nitrogens is 1. The number of rotatable bonds is 1. The van der Waals surface area contributed by atoms with E-state index in [1.165, 1.54) is 6.07 Å². The van der Waals surface area contributed by atoms with E-state index in [1.54, 1.807) is 6.07 Å². The van der Waals surface area contributed by atoms with Crippen molar-refractivity contribution in [2.24, 2.45) is 0 Å². The van der Waals surface area contributed by atoms with Gasteiger partial charge in [0.1, 0.15) is 5.15 Å². The van der Waals surface area contributed by atoms with Crippen molar-refractivity contribution in [1.29, 1.82) is 0 Å². The summed E-state index contributed by atoms with van der Waals surface area (Å²) in [6.07, 6.45) is 0. The van der Waals surface area contributed by atoms with Crippen LogP contribution in [0.1, 0.15) is 5.56 Å². The zero-order valence-corrected chi connectivity index (χ0v) is 10.7. The number of benzene rings is 1. The van der Waals surface area contributed by atoms with Gasteiger partial charge in [-0.25, -0.2) is 9.37 Å². The summed E-state index contributed by atoms with van der Waals surface area (Å²) in [5.74, 6) is -0.483. The summed E-state index contributed by atoms with van der Waals surface area (Å²) < 4.78 is 13.4. The number of alkyl halides is 1. The van der Waals surface area contributed by atoms with E-state index < -0.39 is 5.82 Å². The predicted octanol–water partition coefficient (Wildman–Crippen LogP) is 5.07. The molecule has 0 radical (unpaired) electrons. The van der Waals surface area contributed by atoms with Gasteiger partial charge in [-0.15, -0.1) is 11.6 Å². The summed E-state index contributed by atoms with van der Waals surface area (Å²) in [5.41, 5.74) is 1.04. The largest absolute Gasteiger partial charge is 0.236 e. The highest BCUT2D eigenvalue weighted by Crippen LogP contribution is 2.33. The van der Waals surface area contributed by atoms with E-state index in [4.69, 9.17) is 46.4 Å². The van der Waals surface area contributed by atoms with Gasteiger partial charge < -0.3 is 0 Å². The van der Waals surface area contributed by atoms with Crippen molar-refractivity contribution in [3.05, 3.63) is 38.7 Å². The highest BCUT2D eigenvalue weighted by Gasteiger charge is 2.13. The number of fused-ring (bicyclic) bond motifs is 1. The minimum Gasteiger partial charge on any atom is -0.236 e. The van der Waals surface area contributed by atoms with Gasteiger partial charge >= 0.3 is 0 Å². The monoisotopic (exact) mass is 297 g/mol. The fourth-order valence-electron chi connectivity index (χ4n) is 1.33. The summed E-state index contributed by atoms with van der Waals surface area (Å²) in [6, 6.07) is 2.99. The van der Waals surface area contributed by atoms with Gasteiger partial charge in [-0.3, -0.25) is 0 Å². The predicted molar refractivity (Wildman–Crippen MR) is 66.3 cm³/mol. The zero-order valence-electron chi connectivity index (χ0n) is 7.70. The molecule has 16 heavy (non-hydrogen) atoms. The van der Waals surface area contributed by atoms with E-state index in [0.717, 1.165) is 0 Å². The molecule has 0 aliphatic carbocycles. The topological polar surface area (TPSA) is 12.9 Å². The number of halogens is 5. The highest BCUT2D eigenvalue weighted by atomic mass is 35.5. The van der Waals surface area contributed by atoms with Crippen molar-refractivity contribution in [1.82, 2.24) is 4.98 Å². The molecule has 0 saturated carbocycles. The summed E-state index contributed by atoms with van der Waals surface area (Å²) in [7, 11) is 0. The minimum atomic E-state index is -0.666. The molecule has 0 spiro atoms. The van der Waals surface area contributed by atoms with Crippen LogP contribution in [0.5, 0.6) is 0 Å². The SMILES string of the molecule is Fc1c(Cl)cc2nc(Cl)c(CCl)cc2c1Cl. The smallest absolute Gasteiger partial charge is 0.161 e. The first-order valence-electron chi connectivity index (χ1n) is 4.23. The third-order valence-corrected chi connectivity index (χ3v) is 3.38. The molecular formula is C10H4Cl4FN. The lowest BCUT2D eigenvalue weighted by atomic mass is 10.1. The first kappa shape index (κ1) is 12.2. The van der Waals surface area contributed by atoms with Crippen LogP contribution in [0.3, 0.4) is 0 Å². The van der Waals surface area contributed by atoms with Gasteiger partial charge in [-0.05, 0) is 12.1 Å². The second-order valence-corrected chi connectivity index (χ2v) is 4.54. The third kappa shape index (κ3) is 1.95. The van der Waals surface area contributed by atoms with Crippen LogP contribution < -0.4 is 0 Å². The Balaban J connectivity index is 2.86. The van der Waals surface area contributed by atoms with Gasteiger partial charge in [0.25, 0.3) is 0 Å². The fraction of sp³-hybridized carbons (Fsp3) is 0.100. The molecule has 0 fully saturated rings. The summed E-state index contributed by atoms with van der Waals surface area (Å²) in [6.45, 7) is 0. The zero-order chi connectivity index (χ0) is 11.9. The maximum Gasteiger partial charge on any atom is 0.161 e. The second kappa shape index (κ2) is 4.53. The van der Waals surface area contributed by atoms with Crippen molar-refractivity contribution in [2.75, 3.05) is 0 Å². The van der Waals surface area contributed by atoms with Crippen LogP contribution in [-0.2, 0) is 5.88 Å². The number of hydrogen-bond donors (Lipinski definition) is 0. The second-order valence-electron chi connectivity index (χ2n) is 3.12. The fourth-order valence-corrected chi connectivity index (χ4v) is 2.32. The molecule has 1 aromatic carbocycles. The molecule has 0 aliphatic heterocycles. The Bertz CT molecular complexity index is 570. The molecule has 0 bridgehead atoms. The van der Waals surface area contributed by atoms with Crippen LogP contribution in [0.15, 0.2) is 12.1 Å². The van der Waals surface area contributed by atoms with Gasteiger partial charge in [-0.2, -0.15) is 0 Å². The number of hydrogen-bond acceptors (Lipinski definition) is 1. The molecule has 0 unspecified atom stereocenters. The maximum atomic E-state index is 13.4. The normalized spacial score (nSPS) is 11.1. The lowest BCUT2D eigenvalue weighted by Crippen LogP contribution is -1.90. The Hall–Kier alpha value is -0.280. The molecule has 0 amide bonds. The molecule has 1 nitrogen and oxygen atoms in total. The molecule has 0 aliphatic rings. The van der Waals surface area contributed by atoms with E-state index >= 15 is 0 Å². The molecular weight excluding hydrogens is 295 g/mol. The first-order chi connectivity index (χ1) is 7.54. The molecule has 1 heterocycles. The van der Waals surface area contributed by atoms with E-state index in [9.17, 15) is 4.39 Å². The molecule has 0 saturated heterocycles. The molecule has 2 aromatic rings. The average molecular weight is 299 g/mol. The molecule has 2 rings (SSSR count). The van der Waals surface area contributed by atoms with Crippen molar-refractivity contribution < 1.29 is 4.39 Å². The molecule has 0 N–H and O–H groups in total. The molecule has 84 valence electrons. The van der Waals surface area contributed by atoms with Gasteiger partial charge in [0.2, 0.25) is 0 Å². The molecule has 0 atom stereocenters. The van der Waals surface area contributed by atoms with Crippen molar-refractivity contribution in [2.45, 2.75) is 5.88 Å². The van der Waals surface area contributed by atoms with Crippen molar-refractivity contribution in [3.63, 3.8) is 0 Å². The van der Waals surface area contributed by atoms with Crippen LogP contribution >= 0.6 is 46.4 Å². The summed E-state index contributed by atoms with van der Waals surface area (Å²) in [4.78, 5) is 4.05. The lowest BCUT2D eigenvalue weighted by molar-refractivity contribution is 0.630. The Kier molecular flexibility index (Phi) is 3.45. The Morgan fingerprint density at radius 1 is 1.19 bits per heavy atom. The van der Waals surface area contributed by atoms with E-state index in [0.29, 0.717) is 16.5 Å². The number of nitrogens with zero attached hydrogens (tertiary/aromatic N) is 1. The Labute approximate surface area is 111 Å². The quantitative estimate of drug-likeness (QED) is 0.407. The summed E-state index contributed by atoms with van der Waals surface area (Å²) in [5, 5.41) is 0.558. The van der Waals surface area contributed by atoms with E-state index in [2.05, 4.69) is 4.98 Å². The van der Waals surface area contributed by atoms with E-state index in [-0.39, 0.29) is 21.1 Å². The van der Waals surface area contributed by atoms with Crippen LogP contribution in [0.4, 0.5) is 4.39 Å². The van der Waals surface area contributed by atoms with Crippen LogP contribution in [0, 0.1) is 5.82 Å². The Morgan fingerprint density at radius 2 is 1.88 bits per heavy atom. The van der Waals surface area contributed by atoms with Gasteiger partial charge in [0.15, 0.2) is 5.82 Å². The van der Waals surface area contributed by atoms with Crippen LogP contribution in [0.2, 0.25) is 15.2 Å². The standard InChI is InChI=1S/C10H4Cl4FN/c11-3-4-1-5-7(16-10(4)14)2-6(12)9(15)8(5)13/h1-2H,3H2. The summed E-state index contributed by atoms with van der Waals surface area (Å²) >= 11 is 23.0. The van der Waals surface area contributed by atoms with E-state index in [1.807, 2.05) is 0 Å². The molecule has 6 heteroatoms. The maximum absolute atomic E-state index is 13.4. The third-order valence-electron chi connectivity index (χ3n) is 2.12. The van der Waals surface area contributed by atoms with Crippen molar-refractivity contribution >= 4 is 57.3 Å². The van der Waals surface area contributed by atoms with Crippen LogP contribution in [0.25, 0.3) is 10.9 Å². The van der Waals surface area contributed by atoms with Gasteiger partial charge in [0, 0.05) is 10.9 Å². The van der Waals surface area contributed by atoms with Gasteiger partial charge in [-0.1, -0.05) is 34.8 Å². The number of pyridine rings is 1.